The Morgan fingerprint density at radius 3 is 2.80 bits per heavy atom. The molecule has 1 N–H and O–H groups in total. The summed E-state index contributed by atoms with van der Waals surface area (Å²) in [6.07, 6.45) is 6.23. The molecule has 1 aliphatic rings. The van der Waals surface area contributed by atoms with Gasteiger partial charge in [-0.1, -0.05) is 23.9 Å². The lowest BCUT2D eigenvalue weighted by molar-refractivity contribution is 0.0610. The Hall–Kier alpha value is -1.64. The lowest BCUT2D eigenvalue weighted by Crippen LogP contribution is -2.29. The van der Waals surface area contributed by atoms with E-state index in [1.807, 2.05) is 7.05 Å². The summed E-state index contributed by atoms with van der Waals surface area (Å²) in [5, 5.41) is 10.6. The van der Waals surface area contributed by atoms with E-state index < -0.39 is 5.60 Å². The molecule has 0 bridgehead atoms. The fourth-order valence-electron chi connectivity index (χ4n) is 2.46. The third-order valence-corrected chi connectivity index (χ3v) is 3.87. The van der Waals surface area contributed by atoms with Crippen molar-refractivity contribution < 1.29 is 5.11 Å². The molecule has 3 rings (SSSR count). The Balaban J connectivity index is 1.97. The molecule has 20 heavy (non-hydrogen) atoms. The molecule has 0 atom stereocenters. The molecule has 0 saturated heterocycles. The van der Waals surface area contributed by atoms with Crippen LogP contribution in [0, 0.1) is 11.8 Å². The summed E-state index contributed by atoms with van der Waals surface area (Å²) >= 11 is 6.07. The first kappa shape index (κ1) is 13.3. The van der Waals surface area contributed by atoms with Crippen molar-refractivity contribution in [2.45, 2.75) is 37.7 Å². The Labute approximate surface area is 122 Å². The molecule has 0 radical (unpaired) electrons. The molecule has 2 aromatic heterocycles. The summed E-state index contributed by atoms with van der Waals surface area (Å²) < 4.78 is 1.77. The van der Waals surface area contributed by atoms with Gasteiger partial charge in [-0.3, -0.25) is 0 Å². The van der Waals surface area contributed by atoms with Crippen molar-refractivity contribution in [3.8, 4) is 11.8 Å². The van der Waals surface area contributed by atoms with Crippen LogP contribution in [0.2, 0.25) is 5.15 Å². The first-order chi connectivity index (χ1) is 9.57. The largest absolute Gasteiger partial charge is 0.378 e. The minimum atomic E-state index is -0.907. The van der Waals surface area contributed by atoms with Crippen LogP contribution in [0.1, 0.15) is 37.9 Å². The smallest absolute Gasteiger partial charge is 0.208 e. The Morgan fingerprint density at radius 2 is 2.05 bits per heavy atom. The molecule has 1 aliphatic carbocycles. The van der Waals surface area contributed by atoms with Gasteiger partial charge in [-0.05, 0) is 31.6 Å². The zero-order chi connectivity index (χ0) is 14.2. The molecular formula is C14H15ClN4O. The summed E-state index contributed by atoms with van der Waals surface area (Å²) in [5.74, 6) is 6.09. The second kappa shape index (κ2) is 5.04. The van der Waals surface area contributed by atoms with Gasteiger partial charge < -0.3 is 9.67 Å². The van der Waals surface area contributed by atoms with E-state index in [9.17, 15) is 5.11 Å². The number of aromatic nitrogens is 4. The highest BCUT2D eigenvalue weighted by Gasteiger charge is 2.26. The van der Waals surface area contributed by atoms with Gasteiger partial charge in [0.05, 0.1) is 6.33 Å². The highest BCUT2D eigenvalue weighted by atomic mass is 35.5. The Kier molecular flexibility index (Phi) is 3.36. The third-order valence-electron chi connectivity index (χ3n) is 3.60. The Morgan fingerprint density at radius 1 is 1.30 bits per heavy atom. The molecule has 5 nitrogen and oxygen atoms in total. The molecule has 1 saturated carbocycles. The van der Waals surface area contributed by atoms with Crippen LogP contribution in [-0.4, -0.2) is 30.2 Å². The second-order valence-corrected chi connectivity index (χ2v) is 5.57. The SMILES string of the molecule is Cn1cnc2c(Cl)nc(C#CC3(O)CCCCC3)nc21. The quantitative estimate of drug-likeness (QED) is 0.596. The fraction of sp³-hybridized carbons (Fsp3) is 0.500. The van der Waals surface area contributed by atoms with Crippen LogP contribution in [0.4, 0.5) is 0 Å². The second-order valence-electron chi connectivity index (χ2n) is 5.21. The van der Waals surface area contributed by atoms with Crippen molar-refractivity contribution in [3.05, 3.63) is 17.3 Å². The van der Waals surface area contributed by atoms with Gasteiger partial charge in [0.15, 0.2) is 10.8 Å². The van der Waals surface area contributed by atoms with E-state index in [1.165, 1.54) is 0 Å². The van der Waals surface area contributed by atoms with E-state index in [-0.39, 0.29) is 5.15 Å². The highest BCUT2D eigenvalue weighted by molar-refractivity contribution is 6.33. The molecule has 0 unspecified atom stereocenters. The van der Waals surface area contributed by atoms with Gasteiger partial charge in [-0.2, -0.15) is 0 Å². The topological polar surface area (TPSA) is 63.8 Å². The zero-order valence-corrected chi connectivity index (χ0v) is 12.0. The standard InChI is InChI=1S/C14H15ClN4O/c1-19-9-16-11-12(15)17-10(18-13(11)19)5-8-14(20)6-3-2-4-7-14/h9,20H,2-4,6-7H2,1H3. The van der Waals surface area contributed by atoms with E-state index in [4.69, 9.17) is 11.6 Å². The molecule has 0 amide bonds. The van der Waals surface area contributed by atoms with E-state index in [1.54, 1.807) is 10.9 Å². The maximum Gasteiger partial charge on any atom is 0.208 e. The first-order valence-electron chi connectivity index (χ1n) is 6.67. The molecule has 0 spiro atoms. The van der Waals surface area contributed by atoms with Crippen LogP contribution in [0.25, 0.3) is 11.2 Å². The van der Waals surface area contributed by atoms with Crippen LogP contribution in [0.5, 0.6) is 0 Å². The average molecular weight is 291 g/mol. The molecule has 0 aromatic carbocycles. The van der Waals surface area contributed by atoms with Crippen molar-refractivity contribution in [2.24, 2.45) is 7.05 Å². The first-order valence-corrected chi connectivity index (χ1v) is 7.05. The molecule has 2 aromatic rings. The summed E-state index contributed by atoms with van der Waals surface area (Å²) in [7, 11) is 1.84. The maximum absolute atomic E-state index is 10.4. The maximum atomic E-state index is 10.4. The van der Waals surface area contributed by atoms with Crippen LogP contribution < -0.4 is 0 Å². The van der Waals surface area contributed by atoms with Crippen molar-refractivity contribution >= 4 is 22.8 Å². The summed E-state index contributed by atoms with van der Waals surface area (Å²) in [5.41, 5.74) is 0.302. The number of halogens is 1. The number of imidazole rings is 1. The minimum Gasteiger partial charge on any atom is -0.378 e. The lowest BCUT2D eigenvalue weighted by Gasteiger charge is -2.26. The summed E-state index contributed by atoms with van der Waals surface area (Å²) in [6, 6.07) is 0. The minimum absolute atomic E-state index is 0.288. The number of fused-ring (bicyclic) bond motifs is 1. The number of aliphatic hydroxyl groups is 1. The van der Waals surface area contributed by atoms with Gasteiger partial charge in [0, 0.05) is 7.05 Å². The van der Waals surface area contributed by atoms with Crippen molar-refractivity contribution in [3.63, 3.8) is 0 Å². The van der Waals surface area contributed by atoms with Gasteiger partial charge in [-0.25, -0.2) is 15.0 Å². The number of aryl methyl sites for hydroxylation is 1. The zero-order valence-electron chi connectivity index (χ0n) is 11.2. The predicted octanol–water partition coefficient (Wildman–Crippen LogP) is 2.06. The normalized spacial score (nSPS) is 17.8. The number of hydrogen-bond donors (Lipinski definition) is 1. The Bertz CT molecular complexity index is 707. The van der Waals surface area contributed by atoms with E-state index in [2.05, 4.69) is 26.8 Å². The molecule has 6 heteroatoms. The van der Waals surface area contributed by atoms with Crippen LogP contribution in [0.15, 0.2) is 6.33 Å². The fourth-order valence-corrected chi connectivity index (χ4v) is 2.68. The van der Waals surface area contributed by atoms with Crippen molar-refractivity contribution in [2.75, 3.05) is 0 Å². The van der Waals surface area contributed by atoms with Crippen LogP contribution in [-0.2, 0) is 7.05 Å². The van der Waals surface area contributed by atoms with Crippen molar-refractivity contribution in [1.29, 1.82) is 0 Å². The van der Waals surface area contributed by atoms with Crippen LogP contribution >= 0.6 is 11.6 Å². The van der Waals surface area contributed by atoms with Gasteiger partial charge in [0.2, 0.25) is 5.82 Å². The summed E-state index contributed by atoms with van der Waals surface area (Å²) in [4.78, 5) is 12.6. The molecule has 1 fully saturated rings. The molecular weight excluding hydrogens is 276 g/mol. The summed E-state index contributed by atoms with van der Waals surface area (Å²) in [6.45, 7) is 0. The van der Waals surface area contributed by atoms with Gasteiger partial charge in [-0.15, -0.1) is 0 Å². The lowest BCUT2D eigenvalue weighted by atomic mass is 9.85. The van der Waals surface area contributed by atoms with Crippen LogP contribution in [0.3, 0.4) is 0 Å². The van der Waals surface area contributed by atoms with E-state index >= 15 is 0 Å². The average Bonchev–Trinajstić information content (AvgIpc) is 2.80. The number of nitrogens with zero attached hydrogens (tertiary/aromatic N) is 4. The highest BCUT2D eigenvalue weighted by Crippen LogP contribution is 2.27. The van der Waals surface area contributed by atoms with Gasteiger partial charge >= 0.3 is 0 Å². The van der Waals surface area contributed by atoms with Crippen molar-refractivity contribution in [1.82, 2.24) is 19.5 Å². The van der Waals surface area contributed by atoms with Gasteiger partial charge in [0.1, 0.15) is 11.1 Å². The predicted molar refractivity (Wildman–Crippen MR) is 76.2 cm³/mol. The monoisotopic (exact) mass is 290 g/mol. The molecule has 104 valence electrons. The number of rotatable bonds is 0. The molecule has 0 aliphatic heterocycles. The van der Waals surface area contributed by atoms with E-state index in [0.29, 0.717) is 29.8 Å². The molecule has 2 heterocycles. The van der Waals surface area contributed by atoms with E-state index in [0.717, 1.165) is 19.3 Å². The number of hydrogen-bond acceptors (Lipinski definition) is 4. The third kappa shape index (κ3) is 2.49. The van der Waals surface area contributed by atoms with Gasteiger partial charge in [0.25, 0.3) is 0 Å².